The highest BCUT2D eigenvalue weighted by atomic mass is 16.3. The van der Waals surface area contributed by atoms with Gasteiger partial charge in [0.15, 0.2) is 0 Å². The van der Waals surface area contributed by atoms with Crippen molar-refractivity contribution >= 4 is 65.7 Å². The van der Waals surface area contributed by atoms with Crippen LogP contribution in [-0.2, 0) is 0 Å². The van der Waals surface area contributed by atoms with Crippen LogP contribution in [0.4, 0.5) is 0 Å². The van der Waals surface area contributed by atoms with Crippen molar-refractivity contribution in [2.45, 2.75) is 0 Å². The number of nitrogens with zero attached hydrogens (tertiary/aromatic N) is 1. The lowest BCUT2D eigenvalue weighted by atomic mass is 10.0. The predicted octanol–water partition coefficient (Wildman–Crippen LogP) is 10.2. The van der Waals surface area contributed by atoms with Gasteiger partial charge in [0.1, 0.15) is 22.3 Å². The molecule has 39 heavy (non-hydrogen) atoms. The summed E-state index contributed by atoms with van der Waals surface area (Å²) < 4.78 is 15.0. The van der Waals surface area contributed by atoms with E-state index in [0.29, 0.717) is 0 Å². The maximum absolute atomic E-state index is 6.34. The van der Waals surface area contributed by atoms with Gasteiger partial charge in [0, 0.05) is 43.6 Å². The Balaban J connectivity index is 1.29. The number of hydrogen-bond donors (Lipinski definition) is 0. The zero-order chi connectivity index (χ0) is 25.5. The number of aromatic nitrogens is 1. The molecule has 9 rings (SSSR count). The Morgan fingerprint density at radius 2 is 1.03 bits per heavy atom. The average Bonchev–Trinajstić information content (AvgIpc) is 3.66. The molecule has 9 aromatic rings. The van der Waals surface area contributed by atoms with Crippen molar-refractivity contribution in [3.63, 3.8) is 0 Å². The zero-order valence-corrected chi connectivity index (χ0v) is 20.9. The highest BCUT2D eigenvalue weighted by Crippen LogP contribution is 2.39. The lowest BCUT2D eigenvalue weighted by Crippen LogP contribution is -1.93. The summed E-state index contributed by atoms with van der Waals surface area (Å²) >= 11 is 0. The minimum Gasteiger partial charge on any atom is -0.456 e. The van der Waals surface area contributed by atoms with E-state index in [-0.39, 0.29) is 0 Å². The molecule has 0 saturated heterocycles. The first-order valence-electron chi connectivity index (χ1n) is 13.2. The smallest absolute Gasteiger partial charge is 0.143 e. The van der Waals surface area contributed by atoms with E-state index < -0.39 is 0 Å². The van der Waals surface area contributed by atoms with Gasteiger partial charge in [-0.3, -0.25) is 0 Å². The number of benzene rings is 6. The summed E-state index contributed by atoms with van der Waals surface area (Å²) in [7, 11) is 0. The lowest BCUT2D eigenvalue weighted by Gasteiger charge is -2.08. The van der Waals surface area contributed by atoms with Gasteiger partial charge in [-0.25, -0.2) is 0 Å². The SMILES string of the molecule is c1ccc2c(c1)oc1c(-c3ccc4oc5ccc(-n6c7ccccc7c7ccccc76)cc5c4c3)cccc12. The van der Waals surface area contributed by atoms with E-state index in [1.54, 1.807) is 0 Å². The van der Waals surface area contributed by atoms with Crippen LogP contribution in [-0.4, -0.2) is 4.57 Å². The van der Waals surface area contributed by atoms with Gasteiger partial charge in [0.25, 0.3) is 0 Å². The van der Waals surface area contributed by atoms with Gasteiger partial charge in [-0.1, -0.05) is 78.9 Å². The molecule has 0 aliphatic heterocycles. The van der Waals surface area contributed by atoms with Gasteiger partial charge in [0.2, 0.25) is 0 Å². The Hall–Kier alpha value is -5.28. The molecule has 0 spiro atoms. The number of furan rings is 2. The molecular formula is C36H21NO2. The molecule has 0 fully saturated rings. The van der Waals surface area contributed by atoms with Crippen LogP contribution in [0.1, 0.15) is 0 Å². The molecule has 6 aromatic carbocycles. The summed E-state index contributed by atoms with van der Waals surface area (Å²) in [6, 6.07) is 44.7. The van der Waals surface area contributed by atoms with Crippen LogP contribution in [0.3, 0.4) is 0 Å². The van der Waals surface area contributed by atoms with E-state index in [0.717, 1.165) is 60.7 Å². The first-order valence-corrected chi connectivity index (χ1v) is 13.2. The fraction of sp³-hybridized carbons (Fsp3) is 0. The summed E-state index contributed by atoms with van der Waals surface area (Å²) in [6.45, 7) is 0. The van der Waals surface area contributed by atoms with Crippen LogP contribution < -0.4 is 0 Å². The van der Waals surface area contributed by atoms with Crippen LogP contribution in [0, 0.1) is 0 Å². The van der Waals surface area contributed by atoms with Crippen molar-refractivity contribution in [2.75, 3.05) is 0 Å². The van der Waals surface area contributed by atoms with E-state index >= 15 is 0 Å². The first kappa shape index (κ1) is 20.7. The van der Waals surface area contributed by atoms with Crippen LogP contribution in [0.15, 0.2) is 136 Å². The second-order valence-electron chi connectivity index (χ2n) is 10.1. The Labute approximate surface area is 223 Å². The van der Waals surface area contributed by atoms with Crippen molar-refractivity contribution in [3.8, 4) is 16.8 Å². The molecule has 0 N–H and O–H groups in total. The summed E-state index contributed by atoms with van der Waals surface area (Å²) in [5.41, 5.74) is 9.29. The summed E-state index contributed by atoms with van der Waals surface area (Å²) in [6.07, 6.45) is 0. The zero-order valence-electron chi connectivity index (χ0n) is 20.9. The van der Waals surface area contributed by atoms with Crippen LogP contribution in [0.5, 0.6) is 0 Å². The third kappa shape index (κ3) is 2.87. The van der Waals surface area contributed by atoms with E-state index in [2.05, 4.69) is 120 Å². The van der Waals surface area contributed by atoms with Gasteiger partial charge in [0.05, 0.1) is 11.0 Å². The van der Waals surface area contributed by atoms with Gasteiger partial charge in [-0.05, 0) is 54.1 Å². The Morgan fingerprint density at radius 3 is 1.82 bits per heavy atom. The van der Waals surface area contributed by atoms with Crippen molar-refractivity contribution in [3.05, 3.63) is 127 Å². The standard InChI is InChI=1S/C36H21NO2/c1-4-13-31-25(8-1)26-9-2-5-14-32(26)37(31)23-17-19-35-30(21-23)29-20-22(16-18-34(29)38-35)24-11-7-12-28-27-10-3-6-15-33(27)39-36(24)28/h1-21H. The molecule has 0 amide bonds. The molecule has 0 radical (unpaired) electrons. The molecule has 0 atom stereocenters. The maximum atomic E-state index is 6.34. The van der Waals surface area contributed by atoms with Crippen LogP contribution in [0.2, 0.25) is 0 Å². The molecule has 0 aliphatic carbocycles. The van der Waals surface area contributed by atoms with Crippen LogP contribution in [0.25, 0.3) is 82.5 Å². The molecule has 0 aliphatic rings. The fourth-order valence-corrected chi connectivity index (χ4v) is 6.25. The summed E-state index contributed by atoms with van der Waals surface area (Å²) in [5.74, 6) is 0. The molecule has 0 unspecified atom stereocenters. The molecule has 3 heterocycles. The number of rotatable bonds is 2. The highest BCUT2D eigenvalue weighted by Gasteiger charge is 2.16. The summed E-state index contributed by atoms with van der Waals surface area (Å²) in [5, 5.41) is 6.98. The Morgan fingerprint density at radius 1 is 0.410 bits per heavy atom. The molecule has 0 saturated carbocycles. The number of para-hydroxylation sites is 4. The monoisotopic (exact) mass is 499 g/mol. The second kappa shape index (κ2) is 7.62. The van der Waals surface area contributed by atoms with Gasteiger partial charge in [-0.15, -0.1) is 0 Å². The fourth-order valence-electron chi connectivity index (χ4n) is 6.25. The first-order chi connectivity index (χ1) is 19.3. The molecule has 3 nitrogen and oxygen atoms in total. The largest absolute Gasteiger partial charge is 0.456 e. The molecule has 182 valence electrons. The minimum atomic E-state index is 0.880. The normalized spacial score (nSPS) is 12.1. The Bertz CT molecular complexity index is 2350. The quantitative estimate of drug-likeness (QED) is 0.237. The van der Waals surface area contributed by atoms with E-state index in [4.69, 9.17) is 8.83 Å². The number of fused-ring (bicyclic) bond motifs is 9. The van der Waals surface area contributed by atoms with E-state index in [1.165, 1.54) is 21.8 Å². The number of hydrogen-bond acceptors (Lipinski definition) is 2. The van der Waals surface area contributed by atoms with Crippen molar-refractivity contribution < 1.29 is 8.83 Å². The van der Waals surface area contributed by atoms with Gasteiger partial charge >= 0.3 is 0 Å². The molecular weight excluding hydrogens is 478 g/mol. The maximum Gasteiger partial charge on any atom is 0.143 e. The topological polar surface area (TPSA) is 31.2 Å². The summed E-state index contributed by atoms with van der Waals surface area (Å²) in [4.78, 5) is 0. The lowest BCUT2D eigenvalue weighted by molar-refractivity contribution is 0.668. The van der Waals surface area contributed by atoms with Gasteiger partial charge in [-0.2, -0.15) is 0 Å². The van der Waals surface area contributed by atoms with E-state index in [1.807, 2.05) is 12.1 Å². The van der Waals surface area contributed by atoms with Crippen molar-refractivity contribution in [2.24, 2.45) is 0 Å². The molecule has 0 bridgehead atoms. The van der Waals surface area contributed by atoms with Crippen molar-refractivity contribution in [1.82, 2.24) is 4.57 Å². The third-order valence-electron chi connectivity index (χ3n) is 8.01. The molecule has 3 heteroatoms. The van der Waals surface area contributed by atoms with Gasteiger partial charge < -0.3 is 13.4 Å². The molecule has 3 aromatic heterocycles. The average molecular weight is 500 g/mol. The third-order valence-corrected chi connectivity index (χ3v) is 8.01. The highest BCUT2D eigenvalue weighted by molar-refractivity contribution is 6.13. The van der Waals surface area contributed by atoms with Crippen molar-refractivity contribution in [1.29, 1.82) is 0 Å². The second-order valence-corrected chi connectivity index (χ2v) is 10.1. The Kier molecular flexibility index (Phi) is 4.05. The predicted molar refractivity (Wildman–Crippen MR) is 161 cm³/mol. The minimum absolute atomic E-state index is 0.880. The van der Waals surface area contributed by atoms with E-state index in [9.17, 15) is 0 Å². The van der Waals surface area contributed by atoms with Crippen LogP contribution >= 0.6 is 0 Å².